The number of thiophene rings is 1. The van der Waals surface area contributed by atoms with Gasteiger partial charge in [0.1, 0.15) is 4.83 Å². The lowest BCUT2D eigenvalue weighted by Crippen LogP contribution is -2.28. The van der Waals surface area contributed by atoms with Crippen molar-refractivity contribution < 1.29 is 4.79 Å². The van der Waals surface area contributed by atoms with Crippen LogP contribution in [0.1, 0.15) is 58.7 Å². The first-order chi connectivity index (χ1) is 12.4. The molecule has 2 aliphatic rings. The zero-order valence-electron chi connectivity index (χ0n) is 16.0. The van der Waals surface area contributed by atoms with Crippen LogP contribution in [0.15, 0.2) is 24.3 Å². The highest BCUT2D eigenvalue weighted by Gasteiger charge is 2.36. The van der Waals surface area contributed by atoms with Crippen molar-refractivity contribution in [3.8, 4) is 11.1 Å². The van der Waals surface area contributed by atoms with E-state index in [-0.39, 0.29) is 23.6 Å². The standard InChI is InChI=1S/C23H23NOS.ClH/c1-13-7-9-14(10-8-13)19-20-15-5-4-6-18(15)26-22(20)24-16-11-23(2,3)12-17(25)21(16)19;/h7-10H,4-6,11-12H2,1-3H3;1H. The van der Waals surface area contributed by atoms with E-state index in [4.69, 9.17) is 4.98 Å². The number of hydrogen-bond acceptors (Lipinski definition) is 3. The number of hydrogen-bond donors (Lipinski definition) is 0. The molecule has 0 amide bonds. The largest absolute Gasteiger partial charge is 0.294 e. The quantitative estimate of drug-likeness (QED) is 0.479. The minimum Gasteiger partial charge on any atom is -0.294 e. The molecule has 2 nitrogen and oxygen atoms in total. The third-order valence-corrected chi connectivity index (χ3v) is 7.02. The number of halogens is 1. The second-order valence-corrected chi connectivity index (χ2v) is 9.74. The van der Waals surface area contributed by atoms with Gasteiger partial charge in [-0.15, -0.1) is 23.7 Å². The monoisotopic (exact) mass is 397 g/mol. The molecule has 0 radical (unpaired) electrons. The Morgan fingerprint density at radius 2 is 1.78 bits per heavy atom. The SMILES string of the molecule is Cc1ccc(-c2c3c(nc4sc5c(c24)CCC5)CC(C)(C)CC3=O)cc1.Cl. The van der Waals surface area contributed by atoms with Gasteiger partial charge in [-0.3, -0.25) is 4.79 Å². The van der Waals surface area contributed by atoms with Crippen LogP contribution in [-0.2, 0) is 19.3 Å². The van der Waals surface area contributed by atoms with Gasteiger partial charge in [-0.1, -0.05) is 43.7 Å². The van der Waals surface area contributed by atoms with Crippen molar-refractivity contribution in [3.63, 3.8) is 0 Å². The Hall–Kier alpha value is -1.71. The van der Waals surface area contributed by atoms with E-state index in [1.807, 2.05) is 11.3 Å². The summed E-state index contributed by atoms with van der Waals surface area (Å²) in [5, 5.41) is 1.26. The maximum Gasteiger partial charge on any atom is 0.165 e. The van der Waals surface area contributed by atoms with Crippen molar-refractivity contribution in [3.05, 3.63) is 51.5 Å². The number of aromatic nitrogens is 1. The van der Waals surface area contributed by atoms with E-state index in [0.717, 1.165) is 40.9 Å². The highest BCUT2D eigenvalue weighted by atomic mass is 35.5. The van der Waals surface area contributed by atoms with E-state index < -0.39 is 0 Å². The normalized spacial score (nSPS) is 17.5. The molecule has 2 aliphatic carbocycles. The van der Waals surface area contributed by atoms with Crippen LogP contribution in [0.4, 0.5) is 0 Å². The summed E-state index contributed by atoms with van der Waals surface area (Å²) in [6, 6.07) is 8.66. The molecule has 3 aromatic rings. The Labute approximate surface area is 170 Å². The molecule has 0 unspecified atom stereocenters. The molecular weight excluding hydrogens is 374 g/mol. The third kappa shape index (κ3) is 2.92. The number of rotatable bonds is 1. The fraction of sp³-hybridized carbons (Fsp3) is 0.391. The molecular formula is C23H24ClNOS. The van der Waals surface area contributed by atoms with Crippen LogP contribution in [0.25, 0.3) is 21.3 Å². The topological polar surface area (TPSA) is 30.0 Å². The highest BCUT2D eigenvalue weighted by Crippen LogP contribution is 2.47. The second-order valence-electron chi connectivity index (χ2n) is 8.65. The number of benzene rings is 1. The molecule has 27 heavy (non-hydrogen) atoms. The number of nitrogens with zero attached hydrogens (tertiary/aromatic N) is 1. The van der Waals surface area contributed by atoms with Crippen LogP contribution in [-0.4, -0.2) is 10.8 Å². The van der Waals surface area contributed by atoms with Gasteiger partial charge in [0.25, 0.3) is 0 Å². The van der Waals surface area contributed by atoms with Crippen LogP contribution in [0.3, 0.4) is 0 Å². The van der Waals surface area contributed by atoms with Crippen molar-refractivity contribution in [2.45, 2.75) is 52.9 Å². The van der Waals surface area contributed by atoms with Gasteiger partial charge in [-0.05, 0) is 49.1 Å². The van der Waals surface area contributed by atoms with Gasteiger partial charge in [-0.25, -0.2) is 4.98 Å². The maximum absolute atomic E-state index is 13.2. The van der Waals surface area contributed by atoms with E-state index in [1.54, 1.807) is 0 Å². The zero-order valence-corrected chi connectivity index (χ0v) is 17.6. The fourth-order valence-electron chi connectivity index (χ4n) is 4.65. The van der Waals surface area contributed by atoms with Crippen LogP contribution < -0.4 is 0 Å². The number of carbonyl (C=O) groups excluding carboxylic acids is 1. The molecule has 0 aliphatic heterocycles. The molecule has 0 bridgehead atoms. The lowest BCUT2D eigenvalue weighted by atomic mass is 9.73. The Kier molecular flexibility index (Phi) is 4.44. The minimum absolute atomic E-state index is 0. The number of ketones is 1. The summed E-state index contributed by atoms with van der Waals surface area (Å²) in [4.78, 5) is 20.8. The molecule has 0 atom stereocenters. The first kappa shape index (κ1) is 18.6. The molecule has 2 heterocycles. The van der Waals surface area contributed by atoms with Crippen LogP contribution in [0, 0.1) is 12.3 Å². The van der Waals surface area contributed by atoms with Crippen molar-refractivity contribution in [1.82, 2.24) is 4.98 Å². The van der Waals surface area contributed by atoms with Gasteiger partial charge in [0.2, 0.25) is 0 Å². The molecule has 4 heteroatoms. The second kappa shape index (κ2) is 6.42. The molecule has 2 aromatic heterocycles. The van der Waals surface area contributed by atoms with E-state index in [2.05, 4.69) is 45.0 Å². The molecule has 0 spiro atoms. The Morgan fingerprint density at radius 1 is 1.04 bits per heavy atom. The highest BCUT2D eigenvalue weighted by molar-refractivity contribution is 7.19. The number of aryl methyl sites for hydroxylation is 3. The summed E-state index contributed by atoms with van der Waals surface area (Å²) in [7, 11) is 0. The number of fused-ring (bicyclic) bond motifs is 4. The molecule has 0 N–H and O–H groups in total. The van der Waals surface area contributed by atoms with E-state index in [1.165, 1.54) is 33.4 Å². The van der Waals surface area contributed by atoms with Gasteiger partial charge in [0.05, 0.1) is 5.69 Å². The Morgan fingerprint density at radius 3 is 2.52 bits per heavy atom. The van der Waals surface area contributed by atoms with Crippen LogP contribution in [0.2, 0.25) is 0 Å². The first-order valence-corrected chi connectivity index (χ1v) is 10.3. The zero-order chi connectivity index (χ0) is 18.1. The molecule has 0 saturated heterocycles. The predicted molar refractivity (Wildman–Crippen MR) is 115 cm³/mol. The minimum atomic E-state index is -0.00467. The van der Waals surface area contributed by atoms with E-state index in [0.29, 0.717) is 6.42 Å². The number of pyridine rings is 1. The lowest BCUT2D eigenvalue weighted by molar-refractivity contribution is 0.0911. The van der Waals surface area contributed by atoms with Crippen LogP contribution >= 0.6 is 23.7 Å². The fourth-order valence-corrected chi connectivity index (χ4v) is 5.94. The average molecular weight is 398 g/mol. The summed E-state index contributed by atoms with van der Waals surface area (Å²) in [6.45, 7) is 6.47. The summed E-state index contributed by atoms with van der Waals surface area (Å²) in [5.74, 6) is 0.263. The van der Waals surface area contributed by atoms with Gasteiger partial charge in [0.15, 0.2) is 5.78 Å². The van der Waals surface area contributed by atoms with Crippen molar-refractivity contribution in [1.29, 1.82) is 0 Å². The van der Waals surface area contributed by atoms with Crippen LogP contribution in [0.5, 0.6) is 0 Å². The molecule has 1 aromatic carbocycles. The van der Waals surface area contributed by atoms with Gasteiger partial charge < -0.3 is 0 Å². The summed E-state index contributed by atoms with van der Waals surface area (Å²) in [6.07, 6.45) is 4.99. The summed E-state index contributed by atoms with van der Waals surface area (Å²) < 4.78 is 0. The van der Waals surface area contributed by atoms with E-state index in [9.17, 15) is 4.79 Å². The summed E-state index contributed by atoms with van der Waals surface area (Å²) in [5.41, 5.74) is 6.92. The van der Waals surface area contributed by atoms with Crippen molar-refractivity contribution in [2.75, 3.05) is 0 Å². The van der Waals surface area contributed by atoms with Gasteiger partial charge >= 0.3 is 0 Å². The molecule has 0 saturated carbocycles. The van der Waals surface area contributed by atoms with E-state index >= 15 is 0 Å². The molecule has 0 fully saturated rings. The van der Waals surface area contributed by atoms with Gasteiger partial charge in [-0.2, -0.15) is 0 Å². The summed E-state index contributed by atoms with van der Waals surface area (Å²) >= 11 is 1.85. The third-order valence-electron chi connectivity index (χ3n) is 5.83. The van der Waals surface area contributed by atoms with Crippen molar-refractivity contribution in [2.24, 2.45) is 5.41 Å². The average Bonchev–Trinajstić information content (AvgIpc) is 3.13. The number of carbonyl (C=O) groups is 1. The predicted octanol–water partition coefficient (Wildman–Crippen LogP) is 6.34. The number of Topliss-reactive ketones (excluding diaryl/α,β-unsaturated/α-hetero) is 1. The molecule has 140 valence electrons. The van der Waals surface area contributed by atoms with Gasteiger partial charge in [0, 0.05) is 27.8 Å². The maximum atomic E-state index is 13.2. The Balaban J connectivity index is 0.00000180. The molecule has 5 rings (SSSR count). The lowest BCUT2D eigenvalue weighted by Gasteiger charge is -2.31. The first-order valence-electron chi connectivity index (χ1n) is 9.50. The Bertz CT molecular complexity index is 1060. The smallest absolute Gasteiger partial charge is 0.165 e. The van der Waals surface area contributed by atoms with Crippen molar-refractivity contribution >= 4 is 39.7 Å².